The van der Waals surface area contributed by atoms with E-state index in [1.54, 1.807) is 11.2 Å². The van der Waals surface area contributed by atoms with Crippen molar-refractivity contribution in [2.45, 2.75) is 13.5 Å². The predicted octanol–water partition coefficient (Wildman–Crippen LogP) is 3.52. The van der Waals surface area contributed by atoms with Gasteiger partial charge in [-0.05, 0) is 30.7 Å². The maximum atomic E-state index is 4.17. The van der Waals surface area contributed by atoms with Crippen LogP contribution in [0.15, 0.2) is 59.1 Å². The highest BCUT2D eigenvalue weighted by atomic mass is 15.5. The Labute approximate surface area is 107 Å². The lowest BCUT2D eigenvalue weighted by atomic mass is 10.2. The zero-order valence-corrected chi connectivity index (χ0v) is 10.6. The van der Waals surface area contributed by atoms with Crippen LogP contribution in [0.5, 0.6) is 0 Å². The van der Waals surface area contributed by atoms with Crippen molar-refractivity contribution in [3.8, 4) is 0 Å². The number of pyridine rings is 1. The van der Waals surface area contributed by atoms with Crippen LogP contribution < -0.4 is 0 Å². The minimum Gasteiger partial charge on any atom is -0.277 e. The van der Waals surface area contributed by atoms with Crippen molar-refractivity contribution in [1.29, 1.82) is 0 Å². The Morgan fingerprint density at radius 2 is 1.94 bits per heavy atom. The maximum Gasteiger partial charge on any atom is 0.0874 e. The minimum absolute atomic E-state index is 0.698. The highest BCUT2D eigenvalue weighted by molar-refractivity contribution is 5.37. The molecule has 0 unspecified atom stereocenters. The van der Waals surface area contributed by atoms with Gasteiger partial charge in [-0.3, -0.25) is 9.99 Å². The van der Waals surface area contributed by atoms with Crippen molar-refractivity contribution in [3.63, 3.8) is 0 Å². The number of benzene rings is 1. The SMILES string of the molecule is Cc1ccc(N=NN(C)Cc2cccnc2)cc1. The standard InChI is InChI=1S/C14H16N4/c1-12-5-7-14(8-6-12)16-17-18(2)11-13-4-3-9-15-10-13/h3-10H,11H2,1-2H3. The molecule has 1 heterocycles. The van der Waals surface area contributed by atoms with Gasteiger partial charge in [0, 0.05) is 19.4 Å². The summed E-state index contributed by atoms with van der Waals surface area (Å²) in [5, 5.41) is 10.1. The molecule has 2 aromatic rings. The third-order valence-electron chi connectivity index (χ3n) is 2.48. The fraction of sp³-hybridized carbons (Fsp3) is 0.214. The first-order valence-corrected chi connectivity index (χ1v) is 5.82. The summed E-state index contributed by atoms with van der Waals surface area (Å²) in [5.41, 5.74) is 3.19. The average Bonchev–Trinajstić information content (AvgIpc) is 2.39. The van der Waals surface area contributed by atoms with E-state index in [-0.39, 0.29) is 0 Å². The molecule has 4 heteroatoms. The van der Waals surface area contributed by atoms with Crippen molar-refractivity contribution < 1.29 is 0 Å². The molecule has 0 radical (unpaired) electrons. The fourth-order valence-electron chi connectivity index (χ4n) is 1.53. The van der Waals surface area contributed by atoms with Crippen LogP contribution >= 0.6 is 0 Å². The molecule has 0 amide bonds. The maximum absolute atomic E-state index is 4.17. The first-order chi connectivity index (χ1) is 8.74. The highest BCUT2D eigenvalue weighted by Crippen LogP contribution is 2.13. The summed E-state index contributed by atoms with van der Waals surface area (Å²) in [4.78, 5) is 4.07. The molecule has 4 nitrogen and oxygen atoms in total. The second-order valence-corrected chi connectivity index (χ2v) is 4.20. The zero-order valence-electron chi connectivity index (χ0n) is 10.6. The molecule has 0 aliphatic carbocycles. The third kappa shape index (κ3) is 3.66. The summed E-state index contributed by atoms with van der Waals surface area (Å²) in [5.74, 6) is 0. The Hall–Kier alpha value is -2.23. The molecule has 0 bridgehead atoms. The van der Waals surface area contributed by atoms with Crippen LogP contribution in [0.1, 0.15) is 11.1 Å². The number of hydrogen-bond donors (Lipinski definition) is 0. The number of rotatable bonds is 4. The molecule has 0 aliphatic heterocycles. The van der Waals surface area contributed by atoms with Gasteiger partial charge in [0.15, 0.2) is 0 Å². The van der Waals surface area contributed by atoms with Crippen LogP contribution in [0.2, 0.25) is 0 Å². The first kappa shape index (κ1) is 12.2. The van der Waals surface area contributed by atoms with Gasteiger partial charge in [0.25, 0.3) is 0 Å². The lowest BCUT2D eigenvalue weighted by Crippen LogP contribution is -2.09. The normalized spacial score (nSPS) is 10.8. The summed E-state index contributed by atoms with van der Waals surface area (Å²) in [6.45, 7) is 2.75. The van der Waals surface area contributed by atoms with E-state index >= 15 is 0 Å². The summed E-state index contributed by atoms with van der Waals surface area (Å²) in [7, 11) is 1.89. The minimum atomic E-state index is 0.698. The second kappa shape index (κ2) is 5.91. The van der Waals surface area contributed by atoms with Gasteiger partial charge in [0.2, 0.25) is 0 Å². The number of nitrogens with zero attached hydrogens (tertiary/aromatic N) is 4. The zero-order chi connectivity index (χ0) is 12.8. The molecule has 0 N–H and O–H groups in total. The van der Waals surface area contributed by atoms with Crippen molar-refractivity contribution in [2.24, 2.45) is 10.3 Å². The molecule has 0 aliphatic rings. The van der Waals surface area contributed by atoms with Crippen molar-refractivity contribution in [1.82, 2.24) is 9.99 Å². The largest absolute Gasteiger partial charge is 0.277 e. The molecule has 0 saturated carbocycles. The van der Waals surface area contributed by atoms with E-state index in [1.807, 2.05) is 49.6 Å². The molecule has 2 rings (SSSR count). The molecule has 0 saturated heterocycles. The molecule has 1 aromatic heterocycles. The van der Waals surface area contributed by atoms with E-state index in [1.165, 1.54) is 5.56 Å². The Bertz CT molecular complexity index is 505. The smallest absolute Gasteiger partial charge is 0.0874 e. The van der Waals surface area contributed by atoms with Gasteiger partial charge < -0.3 is 0 Å². The molecule has 0 fully saturated rings. The van der Waals surface area contributed by atoms with E-state index in [2.05, 4.69) is 22.2 Å². The predicted molar refractivity (Wildman–Crippen MR) is 71.4 cm³/mol. The Morgan fingerprint density at radius 3 is 2.61 bits per heavy atom. The molecule has 92 valence electrons. The average molecular weight is 240 g/mol. The van der Waals surface area contributed by atoms with E-state index in [0.29, 0.717) is 6.54 Å². The molecule has 18 heavy (non-hydrogen) atoms. The molecule has 1 aromatic carbocycles. The van der Waals surface area contributed by atoms with Gasteiger partial charge in [-0.2, -0.15) is 0 Å². The number of aryl methyl sites for hydroxylation is 1. The topological polar surface area (TPSA) is 40.9 Å². The Kier molecular flexibility index (Phi) is 4.02. The monoisotopic (exact) mass is 240 g/mol. The van der Waals surface area contributed by atoms with Gasteiger partial charge in [-0.15, -0.1) is 5.11 Å². The van der Waals surface area contributed by atoms with E-state index in [0.717, 1.165) is 11.3 Å². The first-order valence-electron chi connectivity index (χ1n) is 5.82. The lowest BCUT2D eigenvalue weighted by molar-refractivity contribution is 0.324. The second-order valence-electron chi connectivity index (χ2n) is 4.20. The molecule has 0 spiro atoms. The lowest BCUT2D eigenvalue weighted by Gasteiger charge is -2.10. The van der Waals surface area contributed by atoms with Gasteiger partial charge in [0.05, 0.1) is 12.2 Å². The van der Waals surface area contributed by atoms with Crippen LogP contribution in [0, 0.1) is 6.92 Å². The van der Waals surface area contributed by atoms with Gasteiger partial charge >= 0.3 is 0 Å². The number of aromatic nitrogens is 1. The van der Waals surface area contributed by atoms with Crippen LogP contribution in [0.4, 0.5) is 5.69 Å². The van der Waals surface area contributed by atoms with Gasteiger partial charge in [0.1, 0.15) is 0 Å². The number of hydrogen-bond acceptors (Lipinski definition) is 3. The van der Waals surface area contributed by atoms with Gasteiger partial charge in [-0.25, -0.2) is 0 Å². The van der Waals surface area contributed by atoms with E-state index in [9.17, 15) is 0 Å². The van der Waals surface area contributed by atoms with Crippen LogP contribution in [-0.2, 0) is 6.54 Å². The molecule has 0 atom stereocenters. The van der Waals surface area contributed by atoms with Crippen molar-refractivity contribution in [2.75, 3.05) is 7.05 Å². The molecular formula is C14H16N4. The Balaban J connectivity index is 1.95. The highest BCUT2D eigenvalue weighted by Gasteiger charge is 1.96. The quantitative estimate of drug-likeness (QED) is 0.606. The van der Waals surface area contributed by atoms with Gasteiger partial charge in [-0.1, -0.05) is 29.0 Å². The van der Waals surface area contributed by atoms with Crippen LogP contribution in [0.3, 0.4) is 0 Å². The van der Waals surface area contributed by atoms with Crippen LogP contribution in [-0.4, -0.2) is 17.0 Å². The fourth-order valence-corrected chi connectivity index (χ4v) is 1.53. The summed E-state index contributed by atoms with van der Waals surface area (Å²) < 4.78 is 0. The van der Waals surface area contributed by atoms with Crippen molar-refractivity contribution in [3.05, 3.63) is 59.9 Å². The Morgan fingerprint density at radius 1 is 1.17 bits per heavy atom. The van der Waals surface area contributed by atoms with E-state index < -0.39 is 0 Å². The summed E-state index contributed by atoms with van der Waals surface area (Å²) in [6.07, 6.45) is 3.59. The summed E-state index contributed by atoms with van der Waals surface area (Å²) in [6, 6.07) is 11.9. The summed E-state index contributed by atoms with van der Waals surface area (Å²) >= 11 is 0. The van der Waals surface area contributed by atoms with E-state index in [4.69, 9.17) is 0 Å². The molecular weight excluding hydrogens is 224 g/mol. The van der Waals surface area contributed by atoms with Crippen LogP contribution in [0.25, 0.3) is 0 Å². The third-order valence-corrected chi connectivity index (χ3v) is 2.48. The van der Waals surface area contributed by atoms with Crippen molar-refractivity contribution >= 4 is 5.69 Å².